The molecular weight excluding hydrogens is 328 g/mol. The molecule has 122 valence electrons. The summed E-state index contributed by atoms with van der Waals surface area (Å²) in [5, 5.41) is 1.46. The van der Waals surface area contributed by atoms with E-state index in [1.807, 2.05) is 24.3 Å². The summed E-state index contributed by atoms with van der Waals surface area (Å²) in [5.74, 6) is -0.00230. The molecule has 1 heterocycles. The van der Waals surface area contributed by atoms with E-state index in [1.165, 1.54) is 4.57 Å². The van der Waals surface area contributed by atoms with Gasteiger partial charge in [-0.05, 0) is 37.3 Å². The number of carbonyl (C=O) groups excluding carboxylic acids is 1. The molecule has 0 saturated heterocycles. The first kappa shape index (κ1) is 16.2. The van der Waals surface area contributed by atoms with Crippen LogP contribution in [0.3, 0.4) is 0 Å². The standard InChI is InChI=1S/C18H15ClN2O3/c1-12-15-4-2-3-5-16(15)21(18(23)20-12)11-10-17(22)24-14-8-6-13(19)7-9-14/h2-9H,10-11H2,1H3. The highest BCUT2D eigenvalue weighted by molar-refractivity contribution is 6.30. The zero-order chi connectivity index (χ0) is 17.1. The van der Waals surface area contributed by atoms with Crippen molar-refractivity contribution >= 4 is 28.5 Å². The second-order valence-corrected chi connectivity index (χ2v) is 5.76. The van der Waals surface area contributed by atoms with E-state index in [2.05, 4.69) is 4.98 Å². The van der Waals surface area contributed by atoms with Crippen molar-refractivity contribution in [1.29, 1.82) is 0 Å². The molecular formula is C18H15ClN2O3. The molecule has 5 nitrogen and oxygen atoms in total. The fourth-order valence-corrected chi connectivity index (χ4v) is 2.61. The third-order valence-corrected chi connectivity index (χ3v) is 3.92. The molecule has 0 radical (unpaired) electrons. The summed E-state index contributed by atoms with van der Waals surface area (Å²) in [5.41, 5.74) is 1.07. The number of para-hydroxylation sites is 1. The smallest absolute Gasteiger partial charge is 0.348 e. The Hall–Kier alpha value is -2.66. The van der Waals surface area contributed by atoms with Crippen molar-refractivity contribution in [3.05, 3.63) is 69.7 Å². The van der Waals surface area contributed by atoms with Gasteiger partial charge in [0.1, 0.15) is 5.75 Å². The number of rotatable bonds is 4. The Morgan fingerprint density at radius 2 is 1.88 bits per heavy atom. The molecule has 0 bridgehead atoms. The van der Waals surface area contributed by atoms with E-state index in [-0.39, 0.29) is 18.7 Å². The van der Waals surface area contributed by atoms with Gasteiger partial charge in [0.05, 0.1) is 17.6 Å². The molecule has 3 rings (SSSR count). The number of hydrogen-bond acceptors (Lipinski definition) is 4. The highest BCUT2D eigenvalue weighted by Gasteiger charge is 2.10. The van der Waals surface area contributed by atoms with Gasteiger partial charge in [0.25, 0.3) is 0 Å². The van der Waals surface area contributed by atoms with Crippen LogP contribution >= 0.6 is 11.6 Å². The minimum atomic E-state index is -0.422. The van der Waals surface area contributed by atoms with Gasteiger partial charge in [-0.2, -0.15) is 4.98 Å². The molecule has 0 saturated carbocycles. The molecule has 0 atom stereocenters. The molecule has 0 fully saturated rings. The predicted octanol–water partition coefficient (Wildman–Crippen LogP) is 3.35. The minimum absolute atomic E-state index is 0.0667. The second-order valence-electron chi connectivity index (χ2n) is 5.33. The Balaban J connectivity index is 1.77. The van der Waals surface area contributed by atoms with Crippen LogP contribution in [0.1, 0.15) is 12.1 Å². The third kappa shape index (κ3) is 3.46. The summed E-state index contributed by atoms with van der Waals surface area (Å²) in [6.45, 7) is 2.00. The van der Waals surface area contributed by atoms with E-state index in [0.717, 1.165) is 10.9 Å². The highest BCUT2D eigenvalue weighted by atomic mass is 35.5. The van der Waals surface area contributed by atoms with Crippen molar-refractivity contribution < 1.29 is 9.53 Å². The van der Waals surface area contributed by atoms with Gasteiger partial charge in [-0.1, -0.05) is 29.8 Å². The first-order chi connectivity index (χ1) is 11.5. The summed E-state index contributed by atoms with van der Waals surface area (Å²) >= 11 is 5.79. The number of esters is 1. The van der Waals surface area contributed by atoms with Crippen LogP contribution in [0.5, 0.6) is 5.75 Å². The van der Waals surface area contributed by atoms with E-state index in [4.69, 9.17) is 16.3 Å². The van der Waals surface area contributed by atoms with Crippen molar-refractivity contribution in [1.82, 2.24) is 9.55 Å². The maximum Gasteiger partial charge on any atom is 0.348 e. The molecule has 0 aliphatic carbocycles. The van der Waals surface area contributed by atoms with Crippen LogP contribution < -0.4 is 10.4 Å². The molecule has 3 aromatic rings. The van der Waals surface area contributed by atoms with Crippen molar-refractivity contribution in [2.45, 2.75) is 19.9 Å². The highest BCUT2D eigenvalue weighted by Crippen LogP contribution is 2.17. The SMILES string of the molecule is Cc1nc(=O)n(CCC(=O)Oc2ccc(Cl)cc2)c2ccccc12. The molecule has 2 aromatic carbocycles. The van der Waals surface area contributed by atoms with Crippen LogP contribution in [0.4, 0.5) is 0 Å². The topological polar surface area (TPSA) is 61.2 Å². The van der Waals surface area contributed by atoms with Gasteiger partial charge in [-0.3, -0.25) is 9.36 Å². The van der Waals surface area contributed by atoms with Gasteiger partial charge in [-0.15, -0.1) is 0 Å². The first-order valence-electron chi connectivity index (χ1n) is 7.47. The summed E-state index contributed by atoms with van der Waals surface area (Å²) in [6, 6.07) is 14.0. The van der Waals surface area contributed by atoms with Gasteiger partial charge in [0, 0.05) is 17.0 Å². The fraction of sp³-hybridized carbons (Fsp3) is 0.167. The number of aryl methyl sites for hydroxylation is 2. The van der Waals surface area contributed by atoms with Crippen molar-refractivity contribution in [3.63, 3.8) is 0 Å². The zero-order valence-corrected chi connectivity index (χ0v) is 13.8. The average molecular weight is 343 g/mol. The van der Waals surface area contributed by atoms with Crippen LogP contribution in [0.2, 0.25) is 5.02 Å². The van der Waals surface area contributed by atoms with E-state index in [9.17, 15) is 9.59 Å². The number of benzene rings is 2. The molecule has 1 aromatic heterocycles. The summed E-state index contributed by atoms with van der Waals surface area (Å²) in [6.07, 6.45) is 0.0667. The number of halogens is 1. The zero-order valence-electron chi connectivity index (χ0n) is 13.0. The quantitative estimate of drug-likeness (QED) is 0.539. The lowest BCUT2D eigenvalue weighted by Gasteiger charge is -2.10. The lowest BCUT2D eigenvalue weighted by molar-refractivity contribution is -0.134. The summed E-state index contributed by atoms with van der Waals surface area (Å²) in [4.78, 5) is 28.2. The molecule has 0 N–H and O–H groups in total. The van der Waals surface area contributed by atoms with Crippen LogP contribution in [0.15, 0.2) is 53.3 Å². The maximum absolute atomic E-state index is 12.1. The third-order valence-electron chi connectivity index (χ3n) is 3.66. The first-order valence-corrected chi connectivity index (χ1v) is 7.85. The van der Waals surface area contributed by atoms with Crippen LogP contribution in [-0.2, 0) is 11.3 Å². The average Bonchev–Trinajstić information content (AvgIpc) is 2.57. The molecule has 0 spiro atoms. The number of nitrogens with zero attached hydrogens (tertiary/aromatic N) is 2. The Kier molecular flexibility index (Phi) is 4.62. The molecule has 6 heteroatoms. The number of ether oxygens (including phenoxy) is 1. The molecule has 0 amide bonds. The normalized spacial score (nSPS) is 10.8. The fourth-order valence-electron chi connectivity index (χ4n) is 2.49. The van der Waals surface area contributed by atoms with Gasteiger partial charge >= 0.3 is 11.7 Å². The Morgan fingerprint density at radius 1 is 1.17 bits per heavy atom. The van der Waals surface area contributed by atoms with Gasteiger partial charge in [0.15, 0.2) is 0 Å². The van der Waals surface area contributed by atoms with Crippen molar-refractivity contribution in [3.8, 4) is 5.75 Å². The van der Waals surface area contributed by atoms with Gasteiger partial charge in [-0.25, -0.2) is 4.79 Å². The van der Waals surface area contributed by atoms with Crippen LogP contribution in [-0.4, -0.2) is 15.5 Å². The minimum Gasteiger partial charge on any atom is -0.426 e. The number of aromatic nitrogens is 2. The van der Waals surface area contributed by atoms with Gasteiger partial charge in [0.2, 0.25) is 0 Å². The predicted molar refractivity (Wildman–Crippen MR) is 92.4 cm³/mol. The molecule has 0 unspecified atom stereocenters. The number of fused-ring (bicyclic) bond motifs is 1. The maximum atomic E-state index is 12.1. The van der Waals surface area contributed by atoms with E-state index >= 15 is 0 Å². The number of carbonyl (C=O) groups is 1. The monoisotopic (exact) mass is 342 g/mol. The molecule has 0 aliphatic rings. The van der Waals surface area contributed by atoms with Crippen molar-refractivity contribution in [2.24, 2.45) is 0 Å². The second kappa shape index (κ2) is 6.84. The lowest BCUT2D eigenvalue weighted by atomic mass is 10.2. The Labute approximate surface area is 143 Å². The number of hydrogen-bond donors (Lipinski definition) is 0. The van der Waals surface area contributed by atoms with Crippen LogP contribution in [0.25, 0.3) is 10.9 Å². The van der Waals surface area contributed by atoms with E-state index < -0.39 is 5.97 Å². The van der Waals surface area contributed by atoms with E-state index in [1.54, 1.807) is 31.2 Å². The van der Waals surface area contributed by atoms with Crippen LogP contribution in [0, 0.1) is 6.92 Å². The van der Waals surface area contributed by atoms with Crippen molar-refractivity contribution in [2.75, 3.05) is 0 Å². The summed E-state index contributed by atoms with van der Waals surface area (Å²) < 4.78 is 6.72. The van der Waals surface area contributed by atoms with Gasteiger partial charge < -0.3 is 4.74 Å². The largest absolute Gasteiger partial charge is 0.426 e. The molecule has 24 heavy (non-hydrogen) atoms. The Morgan fingerprint density at radius 3 is 2.62 bits per heavy atom. The lowest BCUT2D eigenvalue weighted by Crippen LogP contribution is -2.26. The Bertz CT molecular complexity index is 949. The van der Waals surface area contributed by atoms with E-state index in [0.29, 0.717) is 16.5 Å². The summed E-state index contributed by atoms with van der Waals surface area (Å²) in [7, 11) is 0. The molecule has 0 aliphatic heterocycles.